The summed E-state index contributed by atoms with van der Waals surface area (Å²) in [6, 6.07) is 24.5. The van der Waals surface area contributed by atoms with Crippen LogP contribution in [-0.2, 0) is 6.54 Å². The third-order valence-electron chi connectivity index (χ3n) is 9.41. The van der Waals surface area contributed by atoms with Crippen LogP contribution in [0.15, 0.2) is 72.8 Å². The molecule has 1 unspecified atom stereocenters. The highest BCUT2D eigenvalue weighted by molar-refractivity contribution is 6.14. The SMILES string of the molecule is C/C=C(\C)c1cc(CN2CCC(C(C)N(CC3CC3)c3ccccc3C)CC2)ccc1C(=N)c1ccccc1C.CC. The van der Waals surface area contributed by atoms with Crippen molar-refractivity contribution >= 4 is 17.0 Å². The smallest absolute Gasteiger partial charge is 0.0693 e. The third kappa shape index (κ3) is 7.61. The van der Waals surface area contributed by atoms with Gasteiger partial charge < -0.3 is 4.90 Å². The number of hydrogen-bond donors (Lipinski definition) is 1. The van der Waals surface area contributed by atoms with E-state index in [0.717, 1.165) is 48.2 Å². The largest absolute Gasteiger partial charge is 0.368 e. The summed E-state index contributed by atoms with van der Waals surface area (Å²) in [4.78, 5) is 5.38. The Kier molecular flexibility index (Phi) is 11.2. The van der Waals surface area contributed by atoms with Crippen LogP contribution in [0.3, 0.4) is 0 Å². The van der Waals surface area contributed by atoms with Gasteiger partial charge in [-0.25, -0.2) is 0 Å². The molecule has 1 heterocycles. The van der Waals surface area contributed by atoms with Gasteiger partial charge in [0.1, 0.15) is 0 Å². The number of nitrogens with one attached hydrogen (secondary N) is 1. The molecule has 2 aliphatic rings. The molecule has 0 bridgehead atoms. The second-order valence-corrected chi connectivity index (χ2v) is 12.3. The topological polar surface area (TPSA) is 30.3 Å². The van der Waals surface area contributed by atoms with Gasteiger partial charge in [-0.15, -0.1) is 0 Å². The summed E-state index contributed by atoms with van der Waals surface area (Å²) in [5, 5.41) is 9.02. The molecule has 1 saturated carbocycles. The van der Waals surface area contributed by atoms with Gasteiger partial charge in [-0.2, -0.15) is 0 Å². The fraction of sp³-hybridized carbons (Fsp3) is 0.462. The van der Waals surface area contributed by atoms with E-state index in [2.05, 4.69) is 105 Å². The van der Waals surface area contributed by atoms with E-state index < -0.39 is 0 Å². The number of anilines is 1. The summed E-state index contributed by atoms with van der Waals surface area (Å²) in [5.74, 6) is 1.61. The zero-order chi connectivity index (χ0) is 30.2. The summed E-state index contributed by atoms with van der Waals surface area (Å²) in [7, 11) is 0. The second kappa shape index (κ2) is 14.8. The summed E-state index contributed by atoms with van der Waals surface area (Å²) in [6.45, 7) is 19.6. The molecule has 1 N–H and O–H groups in total. The summed E-state index contributed by atoms with van der Waals surface area (Å²) >= 11 is 0. The molecule has 3 nitrogen and oxygen atoms in total. The molecule has 0 amide bonds. The number of likely N-dealkylation sites (tertiary alicyclic amines) is 1. The fourth-order valence-corrected chi connectivity index (χ4v) is 6.44. The highest BCUT2D eigenvalue weighted by Gasteiger charge is 2.32. The fourth-order valence-electron chi connectivity index (χ4n) is 6.44. The first-order valence-corrected chi connectivity index (χ1v) is 16.3. The van der Waals surface area contributed by atoms with Crippen molar-refractivity contribution in [2.45, 2.75) is 86.7 Å². The maximum Gasteiger partial charge on any atom is 0.0693 e. The van der Waals surface area contributed by atoms with Gasteiger partial charge in [0.25, 0.3) is 0 Å². The van der Waals surface area contributed by atoms with E-state index >= 15 is 0 Å². The Morgan fingerprint density at radius 2 is 1.52 bits per heavy atom. The van der Waals surface area contributed by atoms with E-state index in [1.807, 2.05) is 26.0 Å². The number of benzene rings is 3. The number of allylic oxidation sites excluding steroid dienone is 2. The zero-order valence-electron chi connectivity index (χ0n) is 27.2. The molecule has 3 aromatic carbocycles. The maximum atomic E-state index is 9.02. The molecule has 0 radical (unpaired) electrons. The van der Waals surface area contributed by atoms with Crippen molar-refractivity contribution in [3.8, 4) is 0 Å². The lowest BCUT2D eigenvalue weighted by Gasteiger charge is -2.41. The molecular formula is C39H53N3. The van der Waals surface area contributed by atoms with E-state index in [-0.39, 0.29) is 0 Å². The highest BCUT2D eigenvalue weighted by Crippen LogP contribution is 2.36. The number of piperidine rings is 1. The van der Waals surface area contributed by atoms with Crippen LogP contribution in [0.2, 0.25) is 0 Å². The van der Waals surface area contributed by atoms with Gasteiger partial charge in [-0.1, -0.05) is 74.5 Å². The minimum Gasteiger partial charge on any atom is -0.368 e. The van der Waals surface area contributed by atoms with Gasteiger partial charge in [0.05, 0.1) is 5.71 Å². The van der Waals surface area contributed by atoms with E-state index in [4.69, 9.17) is 5.41 Å². The van der Waals surface area contributed by atoms with Gasteiger partial charge in [0, 0.05) is 35.9 Å². The Morgan fingerprint density at radius 3 is 2.14 bits per heavy atom. The molecular weight excluding hydrogens is 510 g/mol. The number of para-hydroxylation sites is 1. The average Bonchev–Trinajstić information content (AvgIpc) is 3.85. The van der Waals surface area contributed by atoms with Crippen LogP contribution in [0.25, 0.3) is 5.57 Å². The van der Waals surface area contributed by atoms with Crippen molar-refractivity contribution in [1.82, 2.24) is 4.90 Å². The standard InChI is InChI=1S/C37H47N3.C2H6/c1-6-26(2)35-23-31(17-18-34(35)37(38)33-13-9-7-11-27(33)3)24-39-21-19-32(20-22-39)29(5)40(25-30-15-16-30)36-14-10-8-12-28(36)4;1-2/h6-14,17-18,23,29-30,32,38H,15-16,19-22,24-25H2,1-5H3;1-2H3/b26-6+,38-37?;. The predicted molar refractivity (Wildman–Crippen MR) is 183 cm³/mol. The van der Waals surface area contributed by atoms with Crippen molar-refractivity contribution in [3.05, 3.63) is 106 Å². The van der Waals surface area contributed by atoms with Gasteiger partial charge in [0.2, 0.25) is 0 Å². The van der Waals surface area contributed by atoms with E-state index in [0.29, 0.717) is 11.8 Å². The first kappa shape index (κ1) is 31.8. The number of hydrogen-bond acceptors (Lipinski definition) is 3. The summed E-state index contributed by atoms with van der Waals surface area (Å²) in [5.41, 5.74) is 10.4. The van der Waals surface area contributed by atoms with Crippen LogP contribution in [0, 0.1) is 31.1 Å². The van der Waals surface area contributed by atoms with Crippen LogP contribution in [0.5, 0.6) is 0 Å². The van der Waals surface area contributed by atoms with Crippen molar-refractivity contribution in [3.63, 3.8) is 0 Å². The Labute approximate surface area is 256 Å². The van der Waals surface area contributed by atoms with Crippen LogP contribution in [0.1, 0.15) is 93.7 Å². The Hall–Kier alpha value is -3.17. The minimum atomic E-state index is 0.569. The van der Waals surface area contributed by atoms with Crippen molar-refractivity contribution in [1.29, 1.82) is 5.41 Å². The first-order valence-electron chi connectivity index (χ1n) is 16.3. The molecule has 1 saturated heterocycles. The molecule has 3 aromatic rings. The first-order chi connectivity index (χ1) is 20.4. The third-order valence-corrected chi connectivity index (χ3v) is 9.41. The average molecular weight is 564 g/mol. The van der Waals surface area contributed by atoms with Gasteiger partial charge in [-0.3, -0.25) is 10.3 Å². The Balaban J connectivity index is 0.00000198. The van der Waals surface area contributed by atoms with Gasteiger partial charge in [-0.05, 0) is 125 Å². The lowest BCUT2D eigenvalue weighted by molar-refractivity contribution is 0.163. The molecule has 5 rings (SSSR count). The molecule has 42 heavy (non-hydrogen) atoms. The normalized spacial score (nSPS) is 16.9. The van der Waals surface area contributed by atoms with E-state index in [1.165, 1.54) is 60.2 Å². The van der Waals surface area contributed by atoms with Crippen LogP contribution in [-0.4, -0.2) is 36.3 Å². The second-order valence-electron chi connectivity index (χ2n) is 12.3. The van der Waals surface area contributed by atoms with Gasteiger partial charge in [0.15, 0.2) is 0 Å². The number of rotatable bonds is 10. The highest BCUT2D eigenvalue weighted by atomic mass is 15.2. The van der Waals surface area contributed by atoms with Crippen LogP contribution >= 0.6 is 0 Å². The molecule has 1 aliphatic heterocycles. The quantitative estimate of drug-likeness (QED) is 0.249. The molecule has 3 heteroatoms. The molecule has 1 aliphatic carbocycles. The number of aryl methyl sites for hydroxylation is 2. The van der Waals surface area contributed by atoms with Crippen molar-refractivity contribution in [2.75, 3.05) is 24.5 Å². The van der Waals surface area contributed by atoms with E-state index in [9.17, 15) is 0 Å². The Morgan fingerprint density at radius 1 is 0.881 bits per heavy atom. The Bertz CT molecular complexity index is 1360. The molecule has 2 fully saturated rings. The lowest BCUT2D eigenvalue weighted by Crippen LogP contribution is -2.45. The number of nitrogens with zero attached hydrogens (tertiary/aromatic N) is 2. The summed E-state index contributed by atoms with van der Waals surface area (Å²) in [6.07, 6.45) is 7.47. The summed E-state index contributed by atoms with van der Waals surface area (Å²) < 4.78 is 0. The lowest BCUT2D eigenvalue weighted by atomic mass is 9.88. The van der Waals surface area contributed by atoms with Crippen LogP contribution < -0.4 is 4.90 Å². The van der Waals surface area contributed by atoms with E-state index in [1.54, 1.807) is 0 Å². The predicted octanol–water partition coefficient (Wildman–Crippen LogP) is 9.69. The van der Waals surface area contributed by atoms with Gasteiger partial charge >= 0.3 is 0 Å². The molecule has 0 spiro atoms. The maximum absolute atomic E-state index is 9.02. The van der Waals surface area contributed by atoms with Crippen LogP contribution in [0.4, 0.5) is 5.69 Å². The molecule has 1 atom stereocenters. The van der Waals surface area contributed by atoms with Crippen molar-refractivity contribution in [2.24, 2.45) is 11.8 Å². The minimum absolute atomic E-state index is 0.569. The molecule has 224 valence electrons. The van der Waals surface area contributed by atoms with Crippen molar-refractivity contribution < 1.29 is 0 Å². The monoisotopic (exact) mass is 563 g/mol. The molecule has 0 aromatic heterocycles. The zero-order valence-corrected chi connectivity index (χ0v) is 27.2.